The summed E-state index contributed by atoms with van der Waals surface area (Å²) in [6.07, 6.45) is 0. The summed E-state index contributed by atoms with van der Waals surface area (Å²) in [5.41, 5.74) is 1.43. The molecule has 106 valence electrons. The number of aromatic hydroxyl groups is 2. The fourth-order valence-corrected chi connectivity index (χ4v) is 2.38. The zero-order valence-corrected chi connectivity index (χ0v) is 11.2. The summed E-state index contributed by atoms with van der Waals surface area (Å²) in [6.45, 7) is 1.90. The minimum atomic E-state index is -1.10. The van der Waals surface area contributed by atoms with Gasteiger partial charge in [0.1, 0.15) is 28.7 Å². The predicted molar refractivity (Wildman–Crippen MR) is 73.7 cm³/mol. The van der Waals surface area contributed by atoms with Gasteiger partial charge in [0.2, 0.25) is 0 Å². The first kappa shape index (κ1) is 13.2. The van der Waals surface area contributed by atoms with Crippen LogP contribution in [0.25, 0.3) is 0 Å². The minimum absolute atomic E-state index is 0.0852. The van der Waals surface area contributed by atoms with Gasteiger partial charge in [0, 0.05) is 12.1 Å². The van der Waals surface area contributed by atoms with Crippen LogP contribution in [0.1, 0.15) is 27.4 Å². The van der Waals surface area contributed by atoms with E-state index in [1.54, 1.807) is 24.3 Å². The fraction of sp³-hybridized carbons (Fsp3) is 0.125. The second-order valence-corrected chi connectivity index (χ2v) is 4.97. The quantitative estimate of drug-likeness (QED) is 0.477. The van der Waals surface area contributed by atoms with Crippen LogP contribution in [0.2, 0.25) is 0 Å². The first-order chi connectivity index (χ1) is 9.97. The van der Waals surface area contributed by atoms with Crippen molar-refractivity contribution in [3.05, 3.63) is 53.1 Å². The zero-order valence-electron chi connectivity index (χ0n) is 11.2. The molecule has 2 N–H and O–H groups in total. The van der Waals surface area contributed by atoms with Gasteiger partial charge < -0.3 is 14.9 Å². The molecule has 3 rings (SSSR count). The highest BCUT2D eigenvalue weighted by atomic mass is 16.5. The van der Waals surface area contributed by atoms with E-state index in [0.717, 1.165) is 17.7 Å². The lowest BCUT2D eigenvalue weighted by atomic mass is 9.87. The second kappa shape index (κ2) is 4.63. The summed E-state index contributed by atoms with van der Waals surface area (Å²) in [4.78, 5) is 24.6. The van der Waals surface area contributed by atoms with Gasteiger partial charge in [-0.25, -0.2) is 0 Å². The van der Waals surface area contributed by atoms with Gasteiger partial charge in [0.05, 0.1) is 0 Å². The third kappa shape index (κ3) is 2.12. The van der Waals surface area contributed by atoms with E-state index >= 15 is 0 Å². The Hall–Kier alpha value is -2.82. The van der Waals surface area contributed by atoms with Crippen molar-refractivity contribution < 1.29 is 24.5 Å². The Morgan fingerprint density at radius 2 is 1.71 bits per heavy atom. The van der Waals surface area contributed by atoms with Gasteiger partial charge in [0.25, 0.3) is 0 Å². The van der Waals surface area contributed by atoms with Crippen molar-refractivity contribution in [3.8, 4) is 17.2 Å². The summed E-state index contributed by atoms with van der Waals surface area (Å²) in [5, 5.41) is 19.2. The standard InChI is InChI=1S/C16H12O5/c1-8-2-4-9(5-3-8)13-15(19)14-11(18)6-10(17)7-12(14)21-16(13)20/h2-7,13,17-18H,1H3. The lowest BCUT2D eigenvalue weighted by Crippen LogP contribution is -2.31. The molecule has 0 saturated carbocycles. The molecular formula is C16H12O5. The van der Waals surface area contributed by atoms with Crippen LogP contribution in [0.3, 0.4) is 0 Å². The van der Waals surface area contributed by atoms with E-state index in [9.17, 15) is 19.8 Å². The van der Waals surface area contributed by atoms with Crippen LogP contribution >= 0.6 is 0 Å². The second-order valence-electron chi connectivity index (χ2n) is 4.97. The van der Waals surface area contributed by atoms with E-state index in [4.69, 9.17) is 4.74 Å². The summed E-state index contributed by atoms with van der Waals surface area (Å²) < 4.78 is 5.08. The number of phenols is 2. The molecule has 1 atom stereocenters. The Balaban J connectivity index is 2.11. The van der Waals surface area contributed by atoms with Crippen molar-refractivity contribution in [3.63, 3.8) is 0 Å². The molecule has 1 aliphatic heterocycles. The largest absolute Gasteiger partial charge is 0.508 e. The van der Waals surface area contributed by atoms with E-state index in [-0.39, 0.29) is 17.1 Å². The van der Waals surface area contributed by atoms with Gasteiger partial charge in [-0.2, -0.15) is 0 Å². The number of rotatable bonds is 1. The number of ketones is 1. The molecule has 5 heteroatoms. The number of phenolic OH excluding ortho intramolecular Hbond substituents is 2. The SMILES string of the molecule is Cc1ccc(C2C(=O)Oc3cc(O)cc(O)c3C2=O)cc1. The Morgan fingerprint density at radius 3 is 2.38 bits per heavy atom. The van der Waals surface area contributed by atoms with Crippen molar-refractivity contribution in [2.45, 2.75) is 12.8 Å². The Morgan fingerprint density at radius 1 is 1.05 bits per heavy atom. The predicted octanol–water partition coefficient (Wildman–Crippen LogP) is 2.29. The van der Waals surface area contributed by atoms with Gasteiger partial charge in [-0.1, -0.05) is 29.8 Å². The molecule has 0 aromatic heterocycles. The Labute approximate surface area is 120 Å². The van der Waals surface area contributed by atoms with Crippen LogP contribution in [0.5, 0.6) is 17.2 Å². The van der Waals surface area contributed by atoms with Gasteiger partial charge >= 0.3 is 5.97 Å². The van der Waals surface area contributed by atoms with Crippen LogP contribution in [0.15, 0.2) is 36.4 Å². The Bertz CT molecular complexity index is 746. The Kier molecular flexibility index (Phi) is 2.90. The first-order valence-corrected chi connectivity index (χ1v) is 6.36. The molecule has 2 aromatic rings. The number of fused-ring (bicyclic) bond motifs is 1. The highest BCUT2D eigenvalue weighted by molar-refractivity contribution is 6.18. The third-order valence-corrected chi connectivity index (χ3v) is 3.43. The molecule has 0 bridgehead atoms. The number of hydrogen-bond donors (Lipinski definition) is 2. The molecule has 0 saturated heterocycles. The normalized spacial score (nSPS) is 17.3. The third-order valence-electron chi connectivity index (χ3n) is 3.43. The van der Waals surface area contributed by atoms with Crippen molar-refractivity contribution in [2.75, 3.05) is 0 Å². The fourth-order valence-electron chi connectivity index (χ4n) is 2.38. The van der Waals surface area contributed by atoms with E-state index in [1.807, 2.05) is 6.92 Å². The van der Waals surface area contributed by atoms with Crippen LogP contribution in [-0.4, -0.2) is 22.0 Å². The molecule has 0 amide bonds. The first-order valence-electron chi connectivity index (χ1n) is 6.36. The molecule has 1 unspecified atom stereocenters. The highest BCUT2D eigenvalue weighted by Gasteiger charge is 2.39. The summed E-state index contributed by atoms with van der Waals surface area (Å²) in [5.74, 6) is -3.16. The maximum absolute atomic E-state index is 12.5. The van der Waals surface area contributed by atoms with Gasteiger partial charge in [-0.3, -0.25) is 9.59 Å². The maximum Gasteiger partial charge on any atom is 0.326 e. The van der Waals surface area contributed by atoms with Crippen LogP contribution in [0, 0.1) is 6.92 Å². The number of aryl methyl sites for hydroxylation is 1. The number of benzene rings is 2. The number of carbonyl (C=O) groups excluding carboxylic acids is 2. The van der Waals surface area contributed by atoms with Crippen LogP contribution < -0.4 is 4.74 Å². The number of ether oxygens (including phenoxy) is 1. The molecule has 5 nitrogen and oxygen atoms in total. The smallest absolute Gasteiger partial charge is 0.326 e. The van der Waals surface area contributed by atoms with Crippen LogP contribution in [-0.2, 0) is 4.79 Å². The highest BCUT2D eigenvalue weighted by Crippen LogP contribution is 2.40. The van der Waals surface area contributed by atoms with Gasteiger partial charge in [-0.05, 0) is 12.5 Å². The van der Waals surface area contributed by atoms with Crippen molar-refractivity contribution in [2.24, 2.45) is 0 Å². The summed E-state index contributed by atoms with van der Waals surface area (Å²) >= 11 is 0. The lowest BCUT2D eigenvalue weighted by Gasteiger charge is -2.23. The molecule has 0 aliphatic carbocycles. The van der Waals surface area contributed by atoms with E-state index < -0.39 is 23.4 Å². The number of Topliss-reactive ketones (excluding diaryl/α,β-unsaturated/α-hetero) is 1. The molecule has 1 heterocycles. The number of carbonyl (C=O) groups is 2. The lowest BCUT2D eigenvalue weighted by molar-refractivity contribution is -0.135. The van der Waals surface area contributed by atoms with Gasteiger partial charge in [0.15, 0.2) is 5.78 Å². The average Bonchev–Trinajstić information content (AvgIpc) is 2.39. The zero-order chi connectivity index (χ0) is 15.1. The molecule has 2 aromatic carbocycles. The molecule has 0 radical (unpaired) electrons. The number of esters is 1. The molecular weight excluding hydrogens is 272 g/mol. The average molecular weight is 284 g/mol. The van der Waals surface area contributed by atoms with E-state index in [0.29, 0.717) is 5.56 Å². The molecule has 1 aliphatic rings. The van der Waals surface area contributed by atoms with E-state index in [1.165, 1.54) is 0 Å². The topological polar surface area (TPSA) is 83.8 Å². The molecule has 0 spiro atoms. The van der Waals surface area contributed by atoms with Crippen molar-refractivity contribution in [1.82, 2.24) is 0 Å². The summed E-state index contributed by atoms with van der Waals surface area (Å²) in [7, 11) is 0. The maximum atomic E-state index is 12.5. The van der Waals surface area contributed by atoms with E-state index in [2.05, 4.69) is 0 Å². The van der Waals surface area contributed by atoms with Crippen molar-refractivity contribution in [1.29, 1.82) is 0 Å². The summed E-state index contributed by atoms with van der Waals surface area (Å²) in [6, 6.07) is 9.13. The monoisotopic (exact) mass is 284 g/mol. The molecule has 0 fully saturated rings. The number of hydrogen-bond acceptors (Lipinski definition) is 5. The molecule has 21 heavy (non-hydrogen) atoms. The van der Waals surface area contributed by atoms with Crippen molar-refractivity contribution >= 4 is 11.8 Å². The van der Waals surface area contributed by atoms with Crippen LogP contribution in [0.4, 0.5) is 0 Å². The minimum Gasteiger partial charge on any atom is -0.508 e. The van der Waals surface area contributed by atoms with Gasteiger partial charge in [-0.15, -0.1) is 0 Å².